The maximum Gasteiger partial charge on any atom is 0.216 e. The Morgan fingerprint density at radius 1 is 0.893 bits per heavy atom. The predicted octanol–water partition coefficient (Wildman–Crippen LogP) is 5.19. The van der Waals surface area contributed by atoms with E-state index in [9.17, 15) is 0 Å². The van der Waals surface area contributed by atoms with Gasteiger partial charge in [0.25, 0.3) is 0 Å². The third-order valence-corrected chi connectivity index (χ3v) is 4.92. The third-order valence-electron chi connectivity index (χ3n) is 4.66. The van der Waals surface area contributed by atoms with Crippen molar-refractivity contribution in [3.8, 4) is 11.5 Å². The normalized spacial score (nSPS) is 11.6. The first-order chi connectivity index (χ1) is 13.8. The maximum absolute atomic E-state index is 5.38. The van der Waals surface area contributed by atoms with Crippen molar-refractivity contribution in [1.82, 2.24) is 19.9 Å². The number of nitrogens with one attached hydrogen (secondary N) is 1. The topological polar surface area (TPSA) is 58.9 Å². The molecule has 134 valence electrons. The van der Waals surface area contributed by atoms with E-state index in [-0.39, 0.29) is 0 Å². The van der Waals surface area contributed by atoms with Gasteiger partial charge in [-0.25, -0.2) is 5.10 Å². The minimum absolute atomic E-state index is 0.418. The Labute approximate surface area is 166 Å². The van der Waals surface area contributed by atoms with Crippen LogP contribution in [0.1, 0.15) is 5.56 Å². The Morgan fingerprint density at radius 3 is 2.25 bits per heavy atom. The number of hydrogen-bond donors (Lipinski definition) is 1. The number of fused-ring (bicyclic) bond motifs is 2. The molecule has 6 heteroatoms. The van der Waals surface area contributed by atoms with Crippen molar-refractivity contribution >= 4 is 40.0 Å². The Kier molecular flexibility index (Phi) is 4.03. The summed E-state index contributed by atoms with van der Waals surface area (Å²) in [6.07, 6.45) is 3.57. The van der Waals surface area contributed by atoms with Gasteiger partial charge in [-0.1, -0.05) is 54.6 Å². The summed E-state index contributed by atoms with van der Waals surface area (Å²) in [4.78, 5) is 4.35. The van der Waals surface area contributed by atoms with Gasteiger partial charge in [-0.05, 0) is 52.0 Å². The smallest absolute Gasteiger partial charge is 0.216 e. The molecule has 0 unspecified atom stereocenters. The van der Waals surface area contributed by atoms with Crippen LogP contribution in [-0.4, -0.2) is 26.1 Å². The van der Waals surface area contributed by atoms with E-state index in [2.05, 4.69) is 50.6 Å². The standard InChI is InChI=1S/C22H15N5S/c28-22-26-25-21(20-11-5-6-12-23-20)27(22)24-14-19-17-9-3-1-7-15(17)13-16-8-2-4-10-18(16)19/h1-14H,(H,26,28). The first kappa shape index (κ1) is 16.5. The number of H-pyrrole nitrogens is 1. The van der Waals surface area contributed by atoms with Crippen molar-refractivity contribution in [3.05, 3.63) is 89.3 Å². The molecule has 0 bridgehead atoms. The lowest BCUT2D eigenvalue weighted by atomic mass is 9.97. The van der Waals surface area contributed by atoms with Gasteiger partial charge < -0.3 is 0 Å². The highest BCUT2D eigenvalue weighted by molar-refractivity contribution is 7.71. The van der Waals surface area contributed by atoms with Gasteiger partial charge in [0.05, 0.1) is 6.21 Å². The highest BCUT2D eigenvalue weighted by Gasteiger charge is 2.10. The molecule has 1 N–H and O–H groups in total. The Balaban J connectivity index is 1.72. The van der Waals surface area contributed by atoms with Crippen LogP contribution in [0.15, 0.2) is 84.1 Å². The fourth-order valence-corrected chi connectivity index (χ4v) is 3.54. The summed E-state index contributed by atoms with van der Waals surface area (Å²) < 4.78 is 2.02. The third kappa shape index (κ3) is 2.80. The molecule has 28 heavy (non-hydrogen) atoms. The Bertz CT molecular complexity index is 1330. The van der Waals surface area contributed by atoms with Gasteiger partial charge in [0, 0.05) is 11.8 Å². The minimum atomic E-state index is 0.418. The van der Waals surface area contributed by atoms with E-state index in [0.717, 1.165) is 16.3 Å². The summed E-state index contributed by atoms with van der Waals surface area (Å²) in [7, 11) is 0. The van der Waals surface area contributed by atoms with Crippen LogP contribution in [0.3, 0.4) is 0 Å². The molecule has 2 aromatic heterocycles. The molecule has 0 radical (unpaired) electrons. The summed E-state index contributed by atoms with van der Waals surface area (Å²) in [6.45, 7) is 0. The maximum atomic E-state index is 5.38. The summed E-state index contributed by atoms with van der Waals surface area (Å²) in [5.41, 5.74) is 1.75. The number of benzene rings is 3. The van der Waals surface area contributed by atoms with Crippen molar-refractivity contribution in [2.75, 3.05) is 0 Å². The van der Waals surface area contributed by atoms with Gasteiger partial charge in [-0.15, -0.1) is 0 Å². The van der Waals surface area contributed by atoms with Crippen molar-refractivity contribution in [2.45, 2.75) is 0 Å². The van der Waals surface area contributed by atoms with E-state index in [1.807, 2.05) is 48.7 Å². The van der Waals surface area contributed by atoms with Gasteiger partial charge in [0.15, 0.2) is 0 Å². The molecular formula is C22H15N5S. The fraction of sp³-hybridized carbons (Fsp3) is 0. The van der Waals surface area contributed by atoms with Crippen molar-refractivity contribution < 1.29 is 0 Å². The van der Waals surface area contributed by atoms with E-state index in [4.69, 9.17) is 12.2 Å². The first-order valence-electron chi connectivity index (χ1n) is 8.85. The Morgan fingerprint density at radius 2 is 1.57 bits per heavy atom. The van der Waals surface area contributed by atoms with Crippen LogP contribution in [0.25, 0.3) is 33.1 Å². The van der Waals surface area contributed by atoms with Crippen molar-refractivity contribution in [3.63, 3.8) is 0 Å². The molecule has 0 saturated heterocycles. The molecular weight excluding hydrogens is 366 g/mol. The molecule has 5 nitrogen and oxygen atoms in total. The summed E-state index contributed by atoms with van der Waals surface area (Å²) in [5.74, 6) is 0.575. The SMILES string of the molecule is S=c1[nH]nc(-c2ccccn2)n1N=Cc1c2ccccc2cc2ccccc12. The van der Waals surface area contributed by atoms with Crippen molar-refractivity contribution in [1.29, 1.82) is 0 Å². The number of nitrogens with zero attached hydrogens (tertiary/aromatic N) is 4. The van der Waals surface area contributed by atoms with Gasteiger partial charge in [-0.3, -0.25) is 4.98 Å². The number of aromatic amines is 1. The summed E-state index contributed by atoms with van der Waals surface area (Å²) >= 11 is 5.38. The van der Waals surface area contributed by atoms with Crippen LogP contribution in [0.2, 0.25) is 0 Å². The van der Waals surface area contributed by atoms with E-state index < -0.39 is 0 Å². The highest BCUT2D eigenvalue weighted by Crippen LogP contribution is 2.27. The van der Waals surface area contributed by atoms with Crippen LogP contribution in [0.4, 0.5) is 0 Å². The second-order valence-electron chi connectivity index (χ2n) is 6.36. The largest absolute Gasteiger partial charge is 0.253 e. The molecule has 0 aliphatic heterocycles. The van der Waals surface area contributed by atoms with Crippen LogP contribution in [-0.2, 0) is 0 Å². The van der Waals surface area contributed by atoms with E-state index in [0.29, 0.717) is 16.3 Å². The van der Waals surface area contributed by atoms with Crippen LogP contribution in [0.5, 0.6) is 0 Å². The lowest BCUT2D eigenvalue weighted by molar-refractivity contribution is 0.868. The van der Waals surface area contributed by atoms with E-state index in [1.54, 1.807) is 10.9 Å². The van der Waals surface area contributed by atoms with Crippen LogP contribution < -0.4 is 0 Å². The van der Waals surface area contributed by atoms with Gasteiger partial charge >= 0.3 is 0 Å². The Hall–Kier alpha value is -3.64. The molecule has 0 amide bonds. The monoisotopic (exact) mass is 381 g/mol. The molecule has 0 aliphatic carbocycles. The van der Waals surface area contributed by atoms with Gasteiger partial charge in [0.2, 0.25) is 10.6 Å². The zero-order valence-electron chi connectivity index (χ0n) is 14.8. The minimum Gasteiger partial charge on any atom is -0.253 e. The number of aromatic nitrogens is 4. The fourth-order valence-electron chi connectivity index (χ4n) is 3.36. The van der Waals surface area contributed by atoms with Crippen LogP contribution >= 0.6 is 12.2 Å². The predicted molar refractivity (Wildman–Crippen MR) is 115 cm³/mol. The average Bonchev–Trinajstić information content (AvgIpc) is 3.12. The number of hydrogen-bond acceptors (Lipinski definition) is 4. The summed E-state index contributed by atoms with van der Waals surface area (Å²) in [6, 6.07) is 24.5. The van der Waals surface area contributed by atoms with Gasteiger partial charge in [-0.2, -0.15) is 14.9 Å². The second kappa shape index (κ2) is 6.83. The molecule has 5 aromatic rings. The number of rotatable bonds is 3. The molecule has 0 saturated carbocycles. The zero-order chi connectivity index (χ0) is 18.9. The molecule has 0 spiro atoms. The molecule has 5 rings (SSSR count). The lowest BCUT2D eigenvalue weighted by Crippen LogP contribution is -1.97. The number of pyridine rings is 1. The summed E-state index contributed by atoms with van der Waals surface area (Å²) in [5, 5.41) is 16.4. The lowest BCUT2D eigenvalue weighted by Gasteiger charge is -2.08. The quantitative estimate of drug-likeness (QED) is 0.266. The molecule has 0 aliphatic rings. The second-order valence-corrected chi connectivity index (χ2v) is 6.74. The average molecular weight is 381 g/mol. The zero-order valence-corrected chi connectivity index (χ0v) is 15.6. The first-order valence-corrected chi connectivity index (χ1v) is 9.26. The molecule has 0 atom stereocenters. The molecule has 3 aromatic carbocycles. The van der Waals surface area contributed by atoms with E-state index in [1.165, 1.54) is 10.8 Å². The van der Waals surface area contributed by atoms with Crippen molar-refractivity contribution in [2.24, 2.45) is 5.10 Å². The van der Waals surface area contributed by atoms with Gasteiger partial charge in [0.1, 0.15) is 5.69 Å². The van der Waals surface area contributed by atoms with E-state index >= 15 is 0 Å². The highest BCUT2D eigenvalue weighted by atomic mass is 32.1. The molecule has 0 fully saturated rings. The van der Waals surface area contributed by atoms with Crippen LogP contribution in [0, 0.1) is 4.77 Å². The molecule has 2 heterocycles.